The minimum Gasteiger partial charge on any atom is -0.353 e. The fourth-order valence-corrected chi connectivity index (χ4v) is 1.66. The highest BCUT2D eigenvalue weighted by Gasteiger charge is 2.46. The van der Waals surface area contributed by atoms with Crippen LogP contribution in [0.1, 0.15) is 39.5 Å². The summed E-state index contributed by atoms with van der Waals surface area (Å²) in [6.45, 7) is 5.23. The molecule has 1 unspecified atom stereocenters. The third-order valence-corrected chi connectivity index (χ3v) is 3.21. The van der Waals surface area contributed by atoms with Crippen LogP contribution < -0.4 is 10.6 Å². The summed E-state index contributed by atoms with van der Waals surface area (Å²) in [6, 6.07) is 1.14. The first-order chi connectivity index (χ1) is 6.58. The van der Waals surface area contributed by atoms with Crippen LogP contribution in [-0.2, 0) is 4.79 Å². The molecule has 2 aliphatic carbocycles. The van der Waals surface area contributed by atoms with Crippen LogP contribution >= 0.6 is 0 Å². The summed E-state index contributed by atoms with van der Waals surface area (Å²) < 4.78 is 0. The highest BCUT2D eigenvalue weighted by molar-refractivity contribution is 5.77. The van der Waals surface area contributed by atoms with Gasteiger partial charge < -0.3 is 10.6 Å². The molecule has 2 aliphatic rings. The second-order valence-corrected chi connectivity index (χ2v) is 5.29. The molecule has 0 aliphatic heterocycles. The third kappa shape index (κ3) is 2.71. The van der Waals surface area contributed by atoms with E-state index in [-0.39, 0.29) is 5.91 Å². The van der Waals surface area contributed by atoms with Gasteiger partial charge in [0.15, 0.2) is 0 Å². The molecule has 1 atom stereocenters. The molecule has 3 nitrogen and oxygen atoms in total. The van der Waals surface area contributed by atoms with E-state index in [9.17, 15) is 4.79 Å². The summed E-state index contributed by atoms with van der Waals surface area (Å²) >= 11 is 0. The normalized spacial score (nSPS) is 28.6. The van der Waals surface area contributed by atoms with E-state index in [4.69, 9.17) is 0 Å². The second-order valence-electron chi connectivity index (χ2n) is 5.29. The van der Waals surface area contributed by atoms with Gasteiger partial charge in [0.2, 0.25) is 5.91 Å². The van der Waals surface area contributed by atoms with E-state index in [1.54, 1.807) is 0 Å². The SMILES string of the molecule is CC1(C)CC1NC(=O)CCNC1CC1. The summed E-state index contributed by atoms with van der Waals surface area (Å²) in [5.41, 5.74) is 0.347. The lowest BCUT2D eigenvalue weighted by atomic mass is 10.2. The van der Waals surface area contributed by atoms with Crippen molar-refractivity contribution in [2.75, 3.05) is 6.54 Å². The maximum Gasteiger partial charge on any atom is 0.221 e. The van der Waals surface area contributed by atoms with Gasteiger partial charge in [0.25, 0.3) is 0 Å². The molecular weight excluding hydrogens is 176 g/mol. The minimum absolute atomic E-state index is 0.203. The number of hydrogen-bond donors (Lipinski definition) is 2. The summed E-state index contributed by atoms with van der Waals surface area (Å²) in [6.07, 6.45) is 4.34. The van der Waals surface area contributed by atoms with Gasteiger partial charge in [-0.1, -0.05) is 13.8 Å². The van der Waals surface area contributed by atoms with Crippen molar-refractivity contribution in [3.8, 4) is 0 Å². The quantitative estimate of drug-likeness (QED) is 0.690. The fraction of sp³-hybridized carbons (Fsp3) is 0.909. The molecule has 0 spiro atoms. The van der Waals surface area contributed by atoms with Crippen LogP contribution in [0.4, 0.5) is 0 Å². The summed E-state index contributed by atoms with van der Waals surface area (Å²) in [7, 11) is 0. The molecule has 80 valence electrons. The van der Waals surface area contributed by atoms with Crippen LogP contribution in [0.25, 0.3) is 0 Å². The largest absolute Gasteiger partial charge is 0.353 e. The van der Waals surface area contributed by atoms with Crippen molar-refractivity contribution in [2.24, 2.45) is 5.41 Å². The minimum atomic E-state index is 0.203. The van der Waals surface area contributed by atoms with E-state index in [0.29, 0.717) is 23.9 Å². The highest BCUT2D eigenvalue weighted by atomic mass is 16.1. The van der Waals surface area contributed by atoms with E-state index < -0.39 is 0 Å². The average Bonchev–Trinajstić information content (AvgIpc) is 2.93. The standard InChI is InChI=1S/C11H20N2O/c1-11(2)7-9(11)13-10(14)5-6-12-8-3-4-8/h8-9,12H,3-7H2,1-2H3,(H,13,14). The van der Waals surface area contributed by atoms with Gasteiger partial charge in [-0.05, 0) is 24.7 Å². The van der Waals surface area contributed by atoms with E-state index in [1.807, 2.05) is 0 Å². The molecule has 0 radical (unpaired) electrons. The Morgan fingerprint density at radius 3 is 2.57 bits per heavy atom. The molecule has 2 fully saturated rings. The van der Waals surface area contributed by atoms with Gasteiger partial charge in [-0.3, -0.25) is 4.79 Å². The maximum atomic E-state index is 11.4. The van der Waals surface area contributed by atoms with Crippen LogP contribution in [0.2, 0.25) is 0 Å². The van der Waals surface area contributed by atoms with Crippen LogP contribution in [0, 0.1) is 5.41 Å². The van der Waals surface area contributed by atoms with Crippen molar-refractivity contribution in [1.29, 1.82) is 0 Å². The van der Waals surface area contributed by atoms with Gasteiger partial charge in [0.05, 0.1) is 0 Å². The number of rotatable bonds is 5. The predicted octanol–water partition coefficient (Wildman–Crippen LogP) is 1.04. The van der Waals surface area contributed by atoms with Gasteiger partial charge in [0, 0.05) is 25.0 Å². The monoisotopic (exact) mass is 196 g/mol. The molecule has 14 heavy (non-hydrogen) atoms. The zero-order valence-electron chi connectivity index (χ0n) is 9.10. The molecule has 1 amide bonds. The van der Waals surface area contributed by atoms with Gasteiger partial charge in [-0.2, -0.15) is 0 Å². The predicted molar refractivity (Wildman–Crippen MR) is 56.0 cm³/mol. The van der Waals surface area contributed by atoms with Gasteiger partial charge in [-0.15, -0.1) is 0 Å². The van der Waals surface area contributed by atoms with Crippen molar-refractivity contribution >= 4 is 5.91 Å². The number of nitrogens with one attached hydrogen (secondary N) is 2. The molecule has 2 saturated carbocycles. The van der Waals surface area contributed by atoms with Crippen LogP contribution in [0.5, 0.6) is 0 Å². The van der Waals surface area contributed by atoms with Crippen LogP contribution in [-0.4, -0.2) is 24.5 Å². The van der Waals surface area contributed by atoms with E-state index in [2.05, 4.69) is 24.5 Å². The maximum absolute atomic E-state index is 11.4. The Morgan fingerprint density at radius 2 is 2.07 bits per heavy atom. The Hall–Kier alpha value is -0.570. The topological polar surface area (TPSA) is 41.1 Å². The van der Waals surface area contributed by atoms with Gasteiger partial charge >= 0.3 is 0 Å². The molecule has 3 heteroatoms. The number of hydrogen-bond acceptors (Lipinski definition) is 2. The zero-order chi connectivity index (χ0) is 10.2. The van der Waals surface area contributed by atoms with Crippen molar-refractivity contribution in [3.05, 3.63) is 0 Å². The first-order valence-corrected chi connectivity index (χ1v) is 5.61. The lowest BCUT2D eigenvalue weighted by Gasteiger charge is -2.07. The molecule has 0 saturated heterocycles. The fourth-order valence-electron chi connectivity index (χ4n) is 1.66. The molecule has 0 aromatic rings. The Labute approximate surface area is 85.6 Å². The zero-order valence-corrected chi connectivity index (χ0v) is 9.10. The summed E-state index contributed by atoms with van der Waals surface area (Å²) in [5.74, 6) is 0.203. The number of carbonyl (C=O) groups is 1. The number of amides is 1. The third-order valence-electron chi connectivity index (χ3n) is 3.21. The van der Waals surface area contributed by atoms with Crippen molar-refractivity contribution in [1.82, 2.24) is 10.6 Å². The van der Waals surface area contributed by atoms with E-state index in [1.165, 1.54) is 12.8 Å². The summed E-state index contributed by atoms with van der Waals surface area (Å²) in [4.78, 5) is 11.4. The molecule has 0 aromatic carbocycles. The molecule has 0 aromatic heterocycles. The molecule has 0 heterocycles. The highest BCUT2D eigenvalue weighted by Crippen LogP contribution is 2.44. The Bertz CT molecular complexity index is 233. The van der Waals surface area contributed by atoms with Gasteiger partial charge in [-0.25, -0.2) is 0 Å². The Kier molecular flexibility index (Phi) is 2.52. The Morgan fingerprint density at radius 1 is 1.43 bits per heavy atom. The van der Waals surface area contributed by atoms with E-state index in [0.717, 1.165) is 13.0 Å². The lowest BCUT2D eigenvalue weighted by molar-refractivity contribution is -0.121. The summed E-state index contributed by atoms with van der Waals surface area (Å²) in [5, 5.41) is 6.40. The number of carbonyl (C=O) groups excluding carboxylic acids is 1. The van der Waals surface area contributed by atoms with Gasteiger partial charge in [0.1, 0.15) is 0 Å². The molecular formula is C11H20N2O. The van der Waals surface area contributed by atoms with Crippen molar-refractivity contribution in [3.63, 3.8) is 0 Å². The second kappa shape index (κ2) is 3.54. The average molecular weight is 196 g/mol. The van der Waals surface area contributed by atoms with Crippen molar-refractivity contribution in [2.45, 2.75) is 51.6 Å². The lowest BCUT2D eigenvalue weighted by Crippen LogP contribution is -2.31. The van der Waals surface area contributed by atoms with Crippen LogP contribution in [0.15, 0.2) is 0 Å². The molecule has 2 N–H and O–H groups in total. The van der Waals surface area contributed by atoms with Crippen LogP contribution in [0.3, 0.4) is 0 Å². The molecule has 2 rings (SSSR count). The smallest absolute Gasteiger partial charge is 0.221 e. The first kappa shape index (κ1) is 9.97. The van der Waals surface area contributed by atoms with E-state index >= 15 is 0 Å². The molecule has 0 bridgehead atoms. The van der Waals surface area contributed by atoms with Crippen molar-refractivity contribution < 1.29 is 4.79 Å². The Balaban J connectivity index is 1.55. The first-order valence-electron chi connectivity index (χ1n) is 5.61.